The van der Waals surface area contributed by atoms with E-state index in [1.807, 2.05) is 0 Å². The molecule has 9 heteroatoms. The van der Waals surface area contributed by atoms with E-state index in [1.54, 1.807) is 21.1 Å². The summed E-state index contributed by atoms with van der Waals surface area (Å²) >= 11 is 0. The molecule has 3 atom stereocenters. The van der Waals surface area contributed by atoms with E-state index in [0.717, 1.165) is 0 Å². The Bertz CT molecular complexity index is 467. The molecule has 1 heterocycles. The number of aliphatic hydroxyl groups is 3. The van der Waals surface area contributed by atoms with Gasteiger partial charge >= 0.3 is 5.97 Å². The molecule has 3 N–H and O–H groups in total. The highest BCUT2D eigenvalue weighted by molar-refractivity contribution is 5.89. The zero-order valence-electron chi connectivity index (χ0n) is 12.7. The lowest BCUT2D eigenvalue weighted by Crippen LogP contribution is -2.45. The van der Waals surface area contributed by atoms with Crippen LogP contribution in [0.4, 0.5) is 0 Å². The van der Waals surface area contributed by atoms with Gasteiger partial charge in [-0.05, 0) is 0 Å². The Morgan fingerprint density at radius 3 is 2.50 bits per heavy atom. The maximum atomic E-state index is 11.4. The van der Waals surface area contributed by atoms with Crippen molar-refractivity contribution in [2.24, 2.45) is 0 Å². The number of ether oxygens (including phenoxy) is 2. The molecule has 0 aliphatic carbocycles. The molecule has 0 fully saturated rings. The van der Waals surface area contributed by atoms with Crippen molar-refractivity contribution >= 4 is 11.9 Å². The minimum absolute atomic E-state index is 0.237. The minimum atomic E-state index is -1.49. The Hall–Kier alpha value is -1.84. The van der Waals surface area contributed by atoms with Crippen LogP contribution in [0.3, 0.4) is 0 Å². The molecule has 0 amide bonds. The summed E-state index contributed by atoms with van der Waals surface area (Å²) < 4.78 is 10.5. The molecule has 1 rings (SSSR count). The number of quaternary nitrogens is 1. The van der Waals surface area contributed by atoms with Gasteiger partial charge in [-0.25, -0.2) is 4.79 Å². The molecule has 0 saturated carbocycles. The van der Waals surface area contributed by atoms with E-state index in [-0.39, 0.29) is 12.3 Å². The van der Waals surface area contributed by atoms with E-state index in [2.05, 4.69) is 0 Å². The van der Waals surface area contributed by atoms with Gasteiger partial charge in [0, 0.05) is 12.4 Å². The van der Waals surface area contributed by atoms with Crippen LogP contribution in [0.2, 0.25) is 0 Å². The van der Waals surface area contributed by atoms with Crippen LogP contribution >= 0.6 is 0 Å². The Balaban J connectivity index is 2.97. The zero-order chi connectivity index (χ0) is 17.1. The lowest BCUT2D eigenvalue weighted by molar-refractivity contribution is -0.873. The highest BCUT2D eigenvalue weighted by Gasteiger charge is 2.42. The number of carbonyl (C=O) groups excluding carboxylic acids is 2. The van der Waals surface area contributed by atoms with Crippen molar-refractivity contribution in [1.29, 1.82) is 0 Å². The summed E-state index contributed by atoms with van der Waals surface area (Å²) in [5.74, 6) is -3.69. The van der Waals surface area contributed by atoms with Gasteiger partial charge in [0.25, 0.3) is 0 Å². The third-order valence-electron chi connectivity index (χ3n) is 2.90. The smallest absolute Gasteiger partial charge is 0.378 e. The lowest BCUT2D eigenvalue weighted by Gasteiger charge is -2.31. The molecule has 1 unspecified atom stereocenters. The van der Waals surface area contributed by atoms with E-state index >= 15 is 0 Å². The molecule has 1 aliphatic heterocycles. The van der Waals surface area contributed by atoms with Crippen molar-refractivity contribution in [2.45, 2.75) is 24.7 Å². The minimum Gasteiger partial charge on any atom is -0.550 e. The van der Waals surface area contributed by atoms with Gasteiger partial charge in [-0.1, -0.05) is 0 Å². The molecule has 22 heavy (non-hydrogen) atoms. The van der Waals surface area contributed by atoms with Crippen LogP contribution < -0.4 is 5.11 Å². The van der Waals surface area contributed by atoms with Crippen molar-refractivity contribution in [3.05, 3.63) is 11.5 Å². The summed E-state index contributed by atoms with van der Waals surface area (Å²) in [6.45, 7) is -0.487. The van der Waals surface area contributed by atoms with Gasteiger partial charge in [0.05, 0.1) is 27.7 Å². The number of esters is 1. The van der Waals surface area contributed by atoms with E-state index in [4.69, 9.17) is 14.6 Å². The average molecular weight is 319 g/mol. The number of carbonyl (C=O) groups is 2. The predicted octanol–water partition coefficient (Wildman–Crippen LogP) is -2.73. The molecule has 0 spiro atoms. The summed E-state index contributed by atoms with van der Waals surface area (Å²) in [6, 6.07) is 0. The highest BCUT2D eigenvalue weighted by atomic mass is 16.6. The first kappa shape index (κ1) is 18.2. The summed E-state index contributed by atoms with van der Waals surface area (Å²) in [5.41, 5.74) is 0. The number of carboxylic acids is 1. The fourth-order valence-corrected chi connectivity index (χ4v) is 2.05. The quantitative estimate of drug-likeness (QED) is 0.324. The summed E-state index contributed by atoms with van der Waals surface area (Å²) in [7, 11) is 5.41. The first-order chi connectivity index (χ1) is 10.0. The van der Waals surface area contributed by atoms with Crippen LogP contribution in [-0.4, -0.2) is 84.3 Å². The fourth-order valence-electron chi connectivity index (χ4n) is 2.05. The van der Waals surface area contributed by atoms with Crippen molar-refractivity contribution in [2.75, 3.05) is 34.3 Å². The zero-order valence-corrected chi connectivity index (χ0v) is 12.7. The second-order valence-electron chi connectivity index (χ2n) is 6.08. The normalized spacial score (nSPS) is 21.5. The van der Waals surface area contributed by atoms with E-state index in [0.29, 0.717) is 4.48 Å². The Kier molecular flexibility index (Phi) is 5.75. The molecule has 0 aromatic carbocycles. The number of hydrogen-bond donors (Lipinski definition) is 3. The number of likely N-dealkylation sites (N-methyl/N-ethyl adjacent to an activating group) is 1. The van der Waals surface area contributed by atoms with Crippen LogP contribution in [0, 0.1) is 0 Å². The van der Waals surface area contributed by atoms with Crippen molar-refractivity contribution in [3.63, 3.8) is 0 Å². The first-order valence-corrected chi connectivity index (χ1v) is 6.65. The number of hydrogen-bond acceptors (Lipinski definition) is 8. The highest BCUT2D eigenvalue weighted by Crippen LogP contribution is 2.27. The van der Waals surface area contributed by atoms with Crippen LogP contribution in [0.5, 0.6) is 0 Å². The summed E-state index contributed by atoms with van der Waals surface area (Å²) in [5, 5.41) is 39.0. The topological polar surface area (TPSA) is 136 Å². The van der Waals surface area contributed by atoms with Gasteiger partial charge in [0.1, 0.15) is 12.6 Å². The number of rotatable bonds is 8. The van der Waals surface area contributed by atoms with Gasteiger partial charge in [0.15, 0.2) is 18.0 Å². The number of nitrogens with zero attached hydrogens (tertiary/aromatic N) is 1. The van der Waals surface area contributed by atoms with E-state index in [9.17, 15) is 24.9 Å². The fraction of sp³-hybridized carbons (Fsp3) is 0.692. The Morgan fingerprint density at radius 2 is 2.05 bits per heavy atom. The number of carboxylic acid groups (broad SMARTS) is 1. The SMILES string of the molecule is C[N+](C)(C)CC(CC(=O)[O-])OC1=C(O)C(=O)O[C@@H]1[C@@H](O)CO. The molecule has 0 aromatic rings. The molecule has 0 bridgehead atoms. The second-order valence-corrected chi connectivity index (χ2v) is 6.08. The maximum absolute atomic E-state index is 11.4. The van der Waals surface area contributed by atoms with Crippen molar-refractivity contribution < 1.29 is 44.0 Å². The van der Waals surface area contributed by atoms with Gasteiger partial charge in [-0.15, -0.1) is 0 Å². The van der Waals surface area contributed by atoms with E-state index < -0.39 is 49.0 Å². The molecule has 0 radical (unpaired) electrons. The standard InChI is InChI=1S/C13H21NO8/c1-14(2,3)5-7(4-9(17)18)21-12-10(19)13(20)22-11(12)8(16)6-15/h7-8,11,15-16H,4-6H2,1-3H3,(H-,17,18,19)/t7?,8-,11+/m0/s1. The number of cyclic esters (lactones) is 1. The van der Waals surface area contributed by atoms with Crippen molar-refractivity contribution in [3.8, 4) is 0 Å². The van der Waals surface area contributed by atoms with Gasteiger partial charge in [0.2, 0.25) is 5.76 Å². The lowest BCUT2D eigenvalue weighted by atomic mass is 10.1. The monoisotopic (exact) mass is 319 g/mol. The number of aliphatic hydroxyl groups excluding tert-OH is 3. The molecule has 0 saturated heterocycles. The molecular weight excluding hydrogens is 298 g/mol. The van der Waals surface area contributed by atoms with Crippen LogP contribution in [-0.2, 0) is 19.1 Å². The summed E-state index contributed by atoms with van der Waals surface area (Å²) in [6.07, 6.45) is -4.25. The molecule has 9 nitrogen and oxygen atoms in total. The summed E-state index contributed by atoms with van der Waals surface area (Å²) in [4.78, 5) is 22.2. The van der Waals surface area contributed by atoms with Crippen LogP contribution in [0.15, 0.2) is 11.5 Å². The maximum Gasteiger partial charge on any atom is 0.378 e. The van der Waals surface area contributed by atoms with E-state index in [1.165, 1.54) is 0 Å². The van der Waals surface area contributed by atoms with Crippen molar-refractivity contribution in [1.82, 2.24) is 0 Å². The molecule has 0 aromatic heterocycles. The van der Waals surface area contributed by atoms with Gasteiger partial charge < -0.3 is 39.2 Å². The third-order valence-corrected chi connectivity index (χ3v) is 2.90. The Labute approximate surface area is 127 Å². The molecule has 1 aliphatic rings. The van der Waals surface area contributed by atoms with Gasteiger partial charge in [-0.3, -0.25) is 0 Å². The van der Waals surface area contributed by atoms with Gasteiger partial charge in [-0.2, -0.15) is 0 Å². The van der Waals surface area contributed by atoms with Crippen LogP contribution in [0.1, 0.15) is 6.42 Å². The average Bonchev–Trinajstić information content (AvgIpc) is 2.63. The second kappa shape index (κ2) is 6.95. The predicted molar refractivity (Wildman–Crippen MR) is 70.0 cm³/mol. The van der Waals surface area contributed by atoms with Crippen LogP contribution in [0.25, 0.3) is 0 Å². The first-order valence-electron chi connectivity index (χ1n) is 6.65. The number of aliphatic carboxylic acids is 1. The molecule has 126 valence electrons. The molecular formula is C13H21NO8. The third kappa shape index (κ3) is 4.86. The Morgan fingerprint density at radius 1 is 1.45 bits per heavy atom. The largest absolute Gasteiger partial charge is 0.550 e.